The second kappa shape index (κ2) is 11.0. The van der Waals surface area contributed by atoms with Gasteiger partial charge < -0.3 is 25.0 Å². The van der Waals surface area contributed by atoms with E-state index in [4.69, 9.17) is 21.7 Å². The lowest BCUT2D eigenvalue weighted by molar-refractivity contribution is -0.162. The number of fused-ring (bicyclic) bond motifs is 1. The normalized spacial score (nSPS) is 15.9. The van der Waals surface area contributed by atoms with E-state index < -0.39 is 29.2 Å². The van der Waals surface area contributed by atoms with Gasteiger partial charge in [-0.1, -0.05) is 12.1 Å². The number of benzene rings is 2. The molecule has 0 spiro atoms. The van der Waals surface area contributed by atoms with Gasteiger partial charge in [-0.2, -0.15) is 0 Å². The lowest BCUT2D eigenvalue weighted by Gasteiger charge is -2.28. The number of anilines is 2. The summed E-state index contributed by atoms with van der Waals surface area (Å²) in [7, 11) is 1.53. The number of rotatable bonds is 5. The van der Waals surface area contributed by atoms with Crippen LogP contribution in [0.25, 0.3) is 0 Å². The summed E-state index contributed by atoms with van der Waals surface area (Å²) in [6.45, 7) is 11.4. The maximum atomic E-state index is 14.0. The third-order valence-electron chi connectivity index (χ3n) is 5.62. The van der Waals surface area contributed by atoms with Crippen LogP contribution in [-0.4, -0.2) is 35.2 Å². The summed E-state index contributed by atoms with van der Waals surface area (Å²) >= 11 is 5.48. The van der Waals surface area contributed by atoms with Crippen molar-refractivity contribution in [2.45, 2.75) is 72.1 Å². The molecule has 2 aromatic rings. The number of carbonyl (C=O) groups excluding carboxylic acids is 2. The van der Waals surface area contributed by atoms with E-state index in [1.165, 1.54) is 24.1 Å². The molecule has 9 heteroatoms. The van der Waals surface area contributed by atoms with Crippen LogP contribution in [0, 0.1) is 11.7 Å². The minimum Gasteiger partial charge on any atom is -0.494 e. The molecular weight excluding hydrogens is 493 g/mol. The van der Waals surface area contributed by atoms with Crippen LogP contribution in [0.3, 0.4) is 0 Å². The van der Waals surface area contributed by atoms with E-state index in [-0.39, 0.29) is 18.5 Å². The van der Waals surface area contributed by atoms with Crippen LogP contribution < -0.4 is 20.3 Å². The summed E-state index contributed by atoms with van der Waals surface area (Å²) < 4.78 is 25.2. The van der Waals surface area contributed by atoms with Gasteiger partial charge in [0.05, 0.1) is 25.0 Å². The van der Waals surface area contributed by atoms with Gasteiger partial charge in [0.2, 0.25) is 5.91 Å². The molecule has 1 amide bonds. The number of hydrogen-bond donors (Lipinski definition) is 2. The third kappa shape index (κ3) is 7.64. The van der Waals surface area contributed by atoms with Crippen molar-refractivity contribution in [3.8, 4) is 5.75 Å². The summed E-state index contributed by atoms with van der Waals surface area (Å²) in [6.07, 6.45) is 0.722. The number of methoxy groups -OCH3 is 1. The summed E-state index contributed by atoms with van der Waals surface area (Å²) in [5, 5.41) is 6.83. The number of halogens is 1. The van der Waals surface area contributed by atoms with Crippen LogP contribution in [0.5, 0.6) is 5.75 Å². The molecule has 0 radical (unpaired) electrons. The van der Waals surface area contributed by atoms with Crippen molar-refractivity contribution in [2.24, 2.45) is 5.92 Å². The highest BCUT2D eigenvalue weighted by Crippen LogP contribution is 2.39. The summed E-state index contributed by atoms with van der Waals surface area (Å²) in [4.78, 5) is 28.4. The van der Waals surface area contributed by atoms with Gasteiger partial charge in [0.1, 0.15) is 23.1 Å². The fraction of sp³-hybridized carbons (Fsp3) is 0.464. The van der Waals surface area contributed by atoms with Crippen LogP contribution >= 0.6 is 12.2 Å². The van der Waals surface area contributed by atoms with Crippen molar-refractivity contribution in [3.05, 3.63) is 53.3 Å². The number of ether oxygens (including phenoxy) is 2. The first-order chi connectivity index (χ1) is 17.2. The summed E-state index contributed by atoms with van der Waals surface area (Å²) in [6, 6.07) is 9.70. The van der Waals surface area contributed by atoms with Gasteiger partial charge in [-0.25, -0.2) is 4.39 Å². The average molecular weight is 530 g/mol. The highest BCUT2D eigenvalue weighted by Gasteiger charge is 2.38. The van der Waals surface area contributed by atoms with Crippen molar-refractivity contribution < 1.29 is 23.5 Å². The Labute approximate surface area is 223 Å². The lowest BCUT2D eigenvalue weighted by atomic mass is 9.99. The minimum absolute atomic E-state index is 0.0861. The van der Waals surface area contributed by atoms with Crippen LogP contribution in [0.1, 0.15) is 59.1 Å². The van der Waals surface area contributed by atoms with E-state index in [0.29, 0.717) is 34.2 Å². The Kier molecular flexibility index (Phi) is 8.47. The SMILES string of the molecule is COc1cc2c(cc1NC(=S)NC(C)(C)C)CCC(C(=O)OC(C)(C)C)C(=O)N2Cc1cccc(F)c1. The number of carbonyl (C=O) groups is 2. The molecular formula is C28H36FN3O4S. The molecule has 1 heterocycles. The van der Waals surface area contributed by atoms with Crippen molar-refractivity contribution in [2.75, 3.05) is 17.3 Å². The molecule has 3 rings (SSSR count). The zero-order valence-corrected chi connectivity index (χ0v) is 23.3. The first kappa shape index (κ1) is 28.4. The lowest BCUT2D eigenvalue weighted by Crippen LogP contribution is -2.43. The Morgan fingerprint density at radius 3 is 2.46 bits per heavy atom. The number of thiocarbonyl (C=S) groups is 1. The molecule has 7 nitrogen and oxygen atoms in total. The van der Waals surface area contributed by atoms with Crippen molar-refractivity contribution in [1.29, 1.82) is 0 Å². The monoisotopic (exact) mass is 529 g/mol. The number of nitrogens with zero attached hydrogens (tertiary/aromatic N) is 1. The Morgan fingerprint density at radius 2 is 1.86 bits per heavy atom. The molecule has 37 heavy (non-hydrogen) atoms. The average Bonchev–Trinajstić information content (AvgIpc) is 2.87. The van der Waals surface area contributed by atoms with Gasteiger partial charge in [0, 0.05) is 11.6 Å². The second-order valence-electron chi connectivity index (χ2n) is 11.2. The van der Waals surface area contributed by atoms with Gasteiger partial charge >= 0.3 is 5.97 Å². The number of aryl methyl sites for hydroxylation is 1. The molecule has 2 aromatic carbocycles. The maximum Gasteiger partial charge on any atom is 0.319 e. The molecule has 0 aromatic heterocycles. The highest BCUT2D eigenvalue weighted by atomic mass is 32.1. The fourth-order valence-electron chi connectivity index (χ4n) is 4.13. The van der Waals surface area contributed by atoms with Crippen LogP contribution in [-0.2, 0) is 27.3 Å². The van der Waals surface area contributed by atoms with Crippen LogP contribution in [0.4, 0.5) is 15.8 Å². The number of nitrogens with one attached hydrogen (secondary N) is 2. The first-order valence-electron chi connectivity index (χ1n) is 12.3. The maximum absolute atomic E-state index is 14.0. The minimum atomic E-state index is -0.994. The molecule has 0 fully saturated rings. The largest absolute Gasteiger partial charge is 0.494 e. The Balaban J connectivity index is 2.05. The molecule has 1 aliphatic heterocycles. The van der Waals surface area contributed by atoms with Crippen molar-refractivity contribution >= 4 is 40.6 Å². The van der Waals surface area contributed by atoms with E-state index in [2.05, 4.69) is 10.6 Å². The summed E-state index contributed by atoms with van der Waals surface area (Å²) in [5.74, 6) is -1.89. The highest BCUT2D eigenvalue weighted by molar-refractivity contribution is 7.80. The smallest absolute Gasteiger partial charge is 0.319 e. The second-order valence-corrected chi connectivity index (χ2v) is 11.6. The molecule has 0 aliphatic carbocycles. The van der Waals surface area contributed by atoms with Crippen LogP contribution in [0.2, 0.25) is 0 Å². The standard InChI is InChI=1S/C28H36FN3O4S/c1-27(2,3)31-26(37)30-21-14-18-11-12-20(25(34)36-28(4,5)6)24(33)32(22(18)15-23(21)35-7)16-17-9-8-10-19(29)13-17/h8-10,13-15,20H,11-12,16H2,1-7H3,(H2,30,31,37). The zero-order valence-electron chi connectivity index (χ0n) is 22.5. The molecule has 0 saturated carbocycles. The predicted octanol–water partition coefficient (Wildman–Crippen LogP) is 5.36. The van der Waals surface area contributed by atoms with Crippen molar-refractivity contribution in [3.63, 3.8) is 0 Å². The van der Waals surface area contributed by atoms with Gasteiger partial charge in [0.15, 0.2) is 5.11 Å². The van der Waals surface area contributed by atoms with Gasteiger partial charge in [-0.05, 0) is 95.9 Å². The Hall–Kier alpha value is -3.20. The van der Waals surface area contributed by atoms with E-state index in [1.54, 1.807) is 39.0 Å². The van der Waals surface area contributed by atoms with Gasteiger partial charge in [-0.3, -0.25) is 9.59 Å². The molecule has 1 aliphatic rings. The Bertz CT molecular complexity index is 1190. The molecule has 1 unspecified atom stereocenters. The van der Waals surface area contributed by atoms with E-state index in [1.807, 2.05) is 26.8 Å². The molecule has 2 N–H and O–H groups in total. The quantitative estimate of drug-likeness (QED) is 0.307. The molecule has 0 saturated heterocycles. The molecule has 200 valence electrons. The summed E-state index contributed by atoms with van der Waals surface area (Å²) in [5.41, 5.74) is 1.69. The first-order valence-corrected chi connectivity index (χ1v) is 12.7. The van der Waals surface area contributed by atoms with E-state index in [9.17, 15) is 14.0 Å². The number of hydrogen-bond acceptors (Lipinski definition) is 5. The number of esters is 1. The van der Waals surface area contributed by atoms with E-state index in [0.717, 1.165) is 5.56 Å². The number of amides is 1. The third-order valence-corrected chi connectivity index (χ3v) is 5.82. The predicted molar refractivity (Wildman–Crippen MR) is 147 cm³/mol. The van der Waals surface area contributed by atoms with Gasteiger partial charge in [0.25, 0.3) is 0 Å². The Morgan fingerprint density at radius 1 is 1.16 bits per heavy atom. The topological polar surface area (TPSA) is 79.9 Å². The fourth-order valence-corrected chi connectivity index (χ4v) is 4.54. The molecule has 1 atom stereocenters. The van der Waals surface area contributed by atoms with Gasteiger partial charge in [-0.15, -0.1) is 0 Å². The molecule has 0 bridgehead atoms. The van der Waals surface area contributed by atoms with Crippen molar-refractivity contribution in [1.82, 2.24) is 5.32 Å². The zero-order chi connectivity index (χ0) is 27.5. The van der Waals surface area contributed by atoms with Crippen LogP contribution in [0.15, 0.2) is 36.4 Å². The van der Waals surface area contributed by atoms with E-state index >= 15 is 0 Å².